The number of piperazine rings is 1. The first-order chi connectivity index (χ1) is 34.1. The number of anilines is 3. The second kappa shape index (κ2) is 21.8. The molecule has 5 aromatic rings. The van der Waals surface area contributed by atoms with Crippen molar-refractivity contribution in [3.05, 3.63) is 95.2 Å². The number of primary amides is 1. The van der Waals surface area contributed by atoms with Crippen LogP contribution in [0.1, 0.15) is 66.7 Å². The molecule has 8 amide bonds. The van der Waals surface area contributed by atoms with Gasteiger partial charge in [-0.3, -0.25) is 24.1 Å². The monoisotopic (exact) mass is 1030 g/mol. The molecule has 374 valence electrons. The molecular weight excluding hydrogens is 977 g/mol. The number of benzene rings is 4. The summed E-state index contributed by atoms with van der Waals surface area (Å²) < 4.78 is 11.9. The molecule has 1 saturated heterocycles. The number of nitrogens with two attached hydrogens (primary N) is 1. The molecule has 3 atom stereocenters. The molecule has 1 aromatic heterocycles. The average Bonchev–Trinajstić information content (AvgIpc) is 4.09. The Bertz CT molecular complexity index is 2860. The number of amides is 8. The van der Waals surface area contributed by atoms with E-state index in [0.29, 0.717) is 78.4 Å². The highest BCUT2D eigenvalue weighted by Gasteiger charge is 2.37. The molecule has 4 aromatic carbocycles. The molecule has 20 heteroatoms. The molecule has 0 bridgehead atoms. The van der Waals surface area contributed by atoms with Crippen LogP contribution in [0.25, 0.3) is 21.7 Å². The van der Waals surface area contributed by atoms with E-state index >= 15 is 0 Å². The van der Waals surface area contributed by atoms with E-state index in [1.54, 1.807) is 52.8 Å². The van der Waals surface area contributed by atoms with E-state index in [-0.39, 0.29) is 43.2 Å². The highest BCUT2D eigenvalue weighted by atomic mass is 79.9. The molecule has 1 fully saturated rings. The first-order valence-electron chi connectivity index (χ1n) is 23.8. The molecule has 0 radical (unpaired) electrons. The van der Waals surface area contributed by atoms with Gasteiger partial charge in [-0.25, -0.2) is 14.4 Å². The van der Waals surface area contributed by atoms with Crippen molar-refractivity contribution in [2.75, 3.05) is 73.3 Å². The summed E-state index contributed by atoms with van der Waals surface area (Å²) in [5.74, 6) is -1.50. The van der Waals surface area contributed by atoms with Crippen molar-refractivity contribution >= 4 is 96.5 Å². The number of alkyl halides is 1. The normalized spacial score (nSPS) is 16.3. The predicted molar refractivity (Wildman–Crippen MR) is 273 cm³/mol. The van der Waals surface area contributed by atoms with Gasteiger partial charge in [0.25, 0.3) is 5.91 Å². The fraction of sp³-hybridized carbons (Fsp3) is 0.392. The van der Waals surface area contributed by atoms with Gasteiger partial charge in [-0.1, -0.05) is 66.2 Å². The second-order valence-corrected chi connectivity index (χ2v) is 19.2. The third-order valence-corrected chi connectivity index (χ3v) is 14.0. The Hall–Kier alpha value is -7.19. The minimum absolute atomic E-state index is 0.0104. The second-order valence-electron chi connectivity index (χ2n) is 18.5. The Kier molecular flexibility index (Phi) is 15.4. The Morgan fingerprint density at radius 1 is 0.831 bits per heavy atom. The lowest BCUT2D eigenvalue weighted by Gasteiger charge is -2.31. The van der Waals surface area contributed by atoms with Crippen molar-refractivity contribution in [3.8, 4) is 5.75 Å². The highest BCUT2D eigenvalue weighted by Crippen LogP contribution is 2.46. The van der Waals surface area contributed by atoms with Crippen LogP contribution < -0.4 is 41.5 Å². The molecule has 0 unspecified atom stereocenters. The molecule has 71 heavy (non-hydrogen) atoms. The maximum Gasteiger partial charge on any atom is 0.415 e. The third kappa shape index (κ3) is 11.2. The van der Waals surface area contributed by atoms with Gasteiger partial charge in [0.2, 0.25) is 17.7 Å². The van der Waals surface area contributed by atoms with Gasteiger partial charge in [-0.15, -0.1) is 0 Å². The van der Waals surface area contributed by atoms with E-state index < -0.39 is 42.1 Å². The minimum Gasteiger partial charge on any atom is -0.444 e. The number of nitrogens with zero attached hydrogens (tertiary/aromatic N) is 4. The molecule has 0 aliphatic carbocycles. The van der Waals surface area contributed by atoms with Crippen molar-refractivity contribution < 1.29 is 43.0 Å². The fourth-order valence-corrected chi connectivity index (χ4v) is 9.99. The van der Waals surface area contributed by atoms with Gasteiger partial charge in [-0.05, 0) is 84.6 Å². The highest BCUT2D eigenvalue weighted by molar-refractivity contribution is 9.09. The van der Waals surface area contributed by atoms with Crippen LogP contribution in [0.4, 0.5) is 31.4 Å². The lowest BCUT2D eigenvalue weighted by molar-refractivity contribution is -0.131. The van der Waals surface area contributed by atoms with Crippen molar-refractivity contribution in [2.24, 2.45) is 11.7 Å². The van der Waals surface area contributed by atoms with E-state index in [9.17, 15) is 33.6 Å². The van der Waals surface area contributed by atoms with E-state index in [2.05, 4.69) is 47.1 Å². The number of ether oxygens (including phenoxy) is 2. The van der Waals surface area contributed by atoms with Crippen LogP contribution in [0, 0.1) is 5.92 Å². The zero-order chi connectivity index (χ0) is 50.5. The maximum absolute atomic E-state index is 14.6. The Morgan fingerprint density at radius 2 is 1.56 bits per heavy atom. The molecule has 3 aliphatic rings. The van der Waals surface area contributed by atoms with Crippen LogP contribution in [-0.2, 0) is 32.1 Å². The lowest BCUT2D eigenvalue weighted by Crippen LogP contribution is -2.54. The van der Waals surface area contributed by atoms with Crippen LogP contribution in [0.2, 0.25) is 0 Å². The largest absolute Gasteiger partial charge is 0.444 e. The van der Waals surface area contributed by atoms with Gasteiger partial charge in [0.05, 0.1) is 11.4 Å². The average molecular weight is 1040 g/mol. The first-order valence-corrected chi connectivity index (χ1v) is 24.9. The van der Waals surface area contributed by atoms with Crippen LogP contribution in [0.5, 0.6) is 5.75 Å². The van der Waals surface area contributed by atoms with Crippen LogP contribution in [0.15, 0.2) is 72.8 Å². The summed E-state index contributed by atoms with van der Waals surface area (Å²) >= 11 is 3.70. The molecule has 0 saturated carbocycles. The minimum atomic E-state index is -0.994. The lowest BCUT2D eigenvalue weighted by atomic mass is 9.95. The van der Waals surface area contributed by atoms with Gasteiger partial charge in [0.15, 0.2) is 0 Å². The number of nitrogens with one attached hydrogen (secondary N) is 5. The Labute approximate surface area is 419 Å². The number of H-pyrrole nitrogens is 1. The summed E-state index contributed by atoms with van der Waals surface area (Å²) in [5, 5.41) is 13.8. The number of fused-ring (bicyclic) bond motifs is 6. The predicted octanol–water partition coefficient (Wildman–Crippen LogP) is 5.94. The molecule has 8 rings (SSSR count). The number of halogens is 1. The summed E-state index contributed by atoms with van der Waals surface area (Å²) in [5.41, 5.74) is 10.7. The van der Waals surface area contributed by atoms with Gasteiger partial charge in [0.1, 0.15) is 30.1 Å². The van der Waals surface area contributed by atoms with E-state index in [0.717, 1.165) is 45.9 Å². The third-order valence-electron chi connectivity index (χ3n) is 13.2. The van der Waals surface area contributed by atoms with Crippen LogP contribution >= 0.6 is 15.9 Å². The maximum atomic E-state index is 14.6. The van der Waals surface area contributed by atoms with E-state index in [4.69, 9.17) is 15.2 Å². The summed E-state index contributed by atoms with van der Waals surface area (Å²) in [6.45, 7) is 8.45. The summed E-state index contributed by atoms with van der Waals surface area (Å²) in [7, 11) is 2.03. The molecule has 19 nitrogen and oxygen atoms in total. The number of carbonyl (C=O) groups excluding carboxylic acids is 7. The topological polar surface area (TPSA) is 241 Å². The van der Waals surface area contributed by atoms with Gasteiger partial charge < -0.3 is 56.2 Å². The van der Waals surface area contributed by atoms with Gasteiger partial charge in [-0.2, -0.15) is 0 Å². The molecular formula is C51H59BrN10O9. The summed E-state index contributed by atoms with van der Waals surface area (Å²) in [4.78, 5) is 102. The van der Waals surface area contributed by atoms with Crippen LogP contribution in [-0.4, -0.2) is 127 Å². The Balaban J connectivity index is 0.922. The molecule has 7 N–H and O–H groups in total. The quantitative estimate of drug-likeness (QED) is 0.0533. The zero-order valence-corrected chi connectivity index (χ0v) is 41.7. The van der Waals surface area contributed by atoms with Gasteiger partial charge >= 0.3 is 18.2 Å². The molecule has 0 spiro atoms. The van der Waals surface area contributed by atoms with Crippen molar-refractivity contribution in [1.82, 2.24) is 30.7 Å². The summed E-state index contributed by atoms with van der Waals surface area (Å²) in [6, 6.07) is 19.3. The number of likely N-dealkylation sites (N-methyl/N-ethyl adjacent to an activating group) is 1. The SMILES string of the molecule is CC(=O)N[C@H](C(=O)N[C@@H](CCCNC(N)=O)C(=O)Nc1ccc(COC(=O)N2CCc3c2ccc2[nH]c(C(=O)N4C[C@@H](CBr)c5c4cc(OC(=O)N4CCN(C)CC4)c4ccccc54)cc32)cc1)C(C)C. The number of carbonyl (C=O) groups is 7. The number of aromatic amines is 1. The zero-order valence-electron chi connectivity index (χ0n) is 40.1. The number of hydrogen-bond acceptors (Lipinski definition) is 10. The first kappa shape index (κ1) is 50.2. The number of aromatic nitrogens is 1. The fourth-order valence-electron chi connectivity index (χ4n) is 9.46. The molecule has 3 aliphatic heterocycles. The standard InChI is InChI=1S/C51H59BrN10O9/c1-29(2)45(55-30(3)63)47(65)58-39(10-7-18-54-49(53)67)46(64)56-33-13-11-31(12-14-33)28-70-51(69)61-19-17-34-37-24-40(57-38(37)15-16-41(34)61)48(66)62-27-32(26-52)44-36-9-6-5-8-35(36)43(25-42(44)62)71-50(68)60-22-20-59(4)21-23-60/h5-6,8-9,11-16,24-25,29,32,39,45,57H,7,10,17-23,26-28H2,1-4H3,(H,55,63)(H,56,64)(H,58,65)(H3,53,54,67)/t32-,39+,45+/m1/s1. The molecule has 4 heterocycles. The van der Waals surface area contributed by atoms with Gasteiger partial charge in [0, 0.05) is 92.0 Å². The van der Waals surface area contributed by atoms with Crippen molar-refractivity contribution in [3.63, 3.8) is 0 Å². The summed E-state index contributed by atoms with van der Waals surface area (Å²) in [6.07, 6.45) is 0.0955. The number of urea groups is 1. The number of hydrogen-bond donors (Lipinski definition) is 6. The number of rotatable bonds is 15. The van der Waals surface area contributed by atoms with E-state index in [1.165, 1.54) is 6.92 Å². The van der Waals surface area contributed by atoms with Crippen molar-refractivity contribution in [2.45, 2.75) is 64.6 Å². The van der Waals surface area contributed by atoms with Crippen LogP contribution in [0.3, 0.4) is 0 Å². The van der Waals surface area contributed by atoms with Crippen molar-refractivity contribution in [1.29, 1.82) is 0 Å². The van der Waals surface area contributed by atoms with E-state index in [1.807, 2.05) is 55.6 Å². The Morgan fingerprint density at radius 3 is 2.25 bits per heavy atom. The smallest absolute Gasteiger partial charge is 0.415 e.